The van der Waals surface area contributed by atoms with Gasteiger partial charge in [0, 0.05) is 18.1 Å². The summed E-state index contributed by atoms with van der Waals surface area (Å²) < 4.78 is 7.70. The number of para-hydroxylation sites is 1. The zero-order chi connectivity index (χ0) is 19.7. The Kier molecular flexibility index (Phi) is 4.92. The van der Waals surface area contributed by atoms with Crippen molar-refractivity contribution in [2.24, 2.45) is 7.05 Å². The van der Waals surface area contributed by atoms with Crippen molar-refractivity contribution < 1.29 is 9.21 Å². The van der Waals surface area contributed by atoms with Gasteiger partial charge in [0.25, 0.3) is 0 Å². The molecule has 2 heterocycles. The van der Waals surface area contributed by atoms with E-state index in [2.05, 4.69) is 15.5 Å². The van der Waals surface area contributed by atoms with Gasteiger partial charge in [0.05, 0.1) is 5.75 Å². The molecule has 0 saturated heterocycles. The molecular formula is C21H20N4O2S. The molecule has 0 fully saturated rings. The van der Waals surface area contributed by atoms with Crippen molar-refractivity contribution in [1.29, 1.82) is 0 Å². The topological polar surface area (TPSA) is 73.0 Å². The first-order valence-corrected chi connectivity index (χ1v) is 9.88. The van der Waals surface area contributed by atoms with Gasteiger partial charge in [-0.2, -0.15) is 0 Å². The van der Waals surface area contributed by atoms with Crippen molar-refractivity contribution >= 4 is 34.3 Å². The van der Waals surface area contributed by atoms with Crippen LogP contribution in [0, 0.1) is 13.8 Å². The van der Waals surface area contributed by atoms with E-state index in [1.54, 1.807) is 0 Å². The molecule has 142 valence electrons. The van der Waals surface area contributed by atoms with E-state index in [9.17, 15) is 4.79 Å². The molecule has 0 saturated carbocycles. The maximum atomic E-state index is 12.3. The Morgan fingerprint density at radius 2 is 1.93 bits per heavy atom. The number of aromatic nitrogens is 3. The molecule has 2 aromatic heterocycles. The van der Waals surface area contributed by atoms with Crippen LogP contribution < -0.4 is 5.32 Å². The van der Waals surface area contributed by atoms with E-state index >= 15 is 0 Å². The molecule has 4 aromatic rings. The molecule has 0 atom stereocenters. The van der Waals surface area contributed by atoms with Crippen LogP contribution in [0.1, 0.15) is 11.1 Å². The Morgan fingerprint density at radius 1 is 1.11 bits per heavy atom. The van der Waals surface area contributed by atoms with E-state index in [1.165, 1.54) is 17.3 Å². The summed E-state index contributed by atoms with van der Waals surface area (Å²) in [6, 6.07) is 15.6. The summed E-state index contributed by atoms with van der Waals surface area (Å²) in [5, 5.41) is 13.0. The van der Waals surface area contributed by atoms with Gasteiger partial charge in [-0.3, -0.25) is 4.79 Å². The minimum atomic E-state index is -0.0819. The standard InChI is InChI=1S/C21H20N4O2S/c1-13-8-9-16(10-14(13)2)22-19(26)12-28-21-24-23-20(25(21)3)18-11-15-6-4-5-7-17(15)27-18/h4-11H,12H2,1-3H3,(H,22,26). The highest BCUT2D eigenvalue weighted by atomic mass is 32.2. The number of anilines is 1. The fourth-order valence-electron chi connectivity index (χ4n) is 2.89. The predicted octanol–water partition coefficient (Wildman–Crippen LogP) is 4.58. The first kappa shape index (κ1) is 18.3. The number of carbonyl (C=O) groups is 1. The molecular weight excluding hydrogens is 372 g/mol. The fraction of sp³-hybridized carbons (Fsp3) is 0.190. The van der Waals surface area contributed by atoms with Gasteiger partial charge in [0.15, 0.2) is 16.7 Å². The van der Waals surface area contributed by atoms with Crippen LogP contribution in [0.25, 0.3) is 22.6 Å². The van der Waals surface area contributed by atoms with Gasteiger partial charge in [0.2, 0.25) is 5.91 Å². The van der Waals surface area contributed by atoms with Gasteiger partial charge in [-0.25, -0.2) is 0 Å². The first-order valence-electron chi connectivity index (χ1n) is 8.89. The normalized spacial score (nSPS) is 11.1. The molecule has 0 radical (unpaired) electrons. The Hall–Kier alpha value is -3.06. The van der Waals surface area contributed by atoms with E-state index in [4.69, 9.17) is 4.42 Å². The van der Waals surface area contributed by atoms with Gasteiger partial charge in [0.1, 0.15) is 5.58 Å². The van der Waals surface area contributed by atoms with Crippen molar-refractivity contribution in [3.05, 3.63) is 59.7 Å². The Morgan fingerprint density at radius 3 is 2.71 bits per heavy atom. The first-order chi connectivity index (χ1) is 13.5. The number of hydrogen-bond donors (Lipinski definition) is 1. The number of nitrogens with zero attached hydrogens (tertiary/aromatic N) is 3. The smallest absolute Gasteiger partial charge is 0.234 e. The number of thioether (sulfide) groups is 1. The number of aryl methyl sites for hydroxylation is 2. The summed E-state index contributed by atoms with van der Waals surface area (Å²) in [5.74, 6) is 1.45. The van der Waals surface area contributed by atoms with Crippen LogP contribution in [0.2, 0.25) is 0 Å². The van der Waals surface area contributed by atoms with Crippen LogP contribution in [-0.4, -0.2) is 26.4 Å². The third kappa shape index (κ3) is 3.66. The SMILES string of the molecule is Cc1ccc(NC(=O)CSc2nnc(-c3cc4ccccc4o3)n2C)cc1C. The minimum absolute atomic E-state index is 0.0819. The molecule has 0 unspecified atom stereocenters. The lowest BCUT2D eigenvalue weighted by Gasteiger charge is -2.07. The molecule has 7 heteroatoms. The van der Waals surface area contributed by atoms with Crippen LogP contribution in [0.5, 0.6) is 0 Å². The summed E-state index contributed by atoms with van der Waals surface area (Å²) in [7, 11) is 1.87. The maximum Gasteiger partial charge on any atom is 0.234 e. The number of fused-ring (bicyclic) bond motifs is 1. The third-order valence-corrected chi connectivity index (χ3v) is 5.62. The molecule has 0 aliphatic carbocycles. The Bertz CT molecular complexity index is 1130. The summed E-state index contributed by atoms with van der Waals surface area (Å²) >= 11 is 1.34. The van der Waals surface area contributed by atoms with E-state index < -0.39 is 0 Å². The van der Waals surface area contributed by atoms with Crippen LogP contribution in [0.4, 0.5) is 5.69 Å². The number of amides is 1. The average molecular weight is 392 g/mol. The fourth-order valence-corrected chi connectivity index (χ4v) is 3.60. The average Bonchev–Trinajstić information content (AvgIpc) is 3.26. The van der Waals surface area contributed by atoms with E-state index in [0.29, 0.717) is 16.7 Å². The quantitative estimate of drug-likeness (QED) is 0.504. The third-order valence-electron chi connectivity index (χ3n) is 4.60. The molecule has 28 heavy (non-hydrogen) atoms. The second kappa shape index (κ2) is 7.52. The van der Waals surface area contributed by atoms with Crippen LogP contribution in [0.15, 0.2) is 58.1 Å². The summed E-state index contributed by atoms with van der Waals surface area (Å²) in [6.45, 7) is 4.07. The van der Waals surface area contributed by atoms with Crippen molar-refractivity contribution in [1.82, 2.24) is 14.8 Å². The molecule has 0 bridgehead atoms. The zero-order valence-corrected chi connectivity index (χ0v) is 16.7. The highest BCUT2D eigenvalue weighted by Crippen LogP contribution is 2.28. The number of carbonyl (C=O) groups excluding carboxylic acids is 1. The highest BCUT2D eigenvalue weighted by Gasteiger charge is 2.16. The lowest BCUT2D eigenvalue weighted by atomic mass is 10.1. The number of benzene rings is 2. The molecule has 2 aromatic carbocycles. The highest BCUT2D eigenvalue weighted by molar-refractivity contribution is 7.99. The number of hydrogen-bond acceptors (Lipinski definition) is 5. The monoisotopic (exact) mass is 392 g/mol. The second-order valence-electron chi connectivity index (χ2n) is 6.65. The van der Waals surface area contributed by atoms with E-state index in [0.717, 1.165) is 22.2 Å². The molecule has 6 nitrogen and oxygen atoms in total. The Labute approximate surface area is 167 Å². The molecule has 1 N–H and O–H groups in total. The van der Waals surface area contributed by atoms with Crippen molar-refractivity contribution in [2.45, 2.75) is 19.0 Å². The summed E-state index contributed by atoms with van der Waals surface area (Å²) in [6.07, 6.45) is 0. The van der Waals surface area contributed by atoms with Crippen molar-refractivity contribution in [3.8, 4) is 11.6 Å². The molecule has 0 aliphatic heterocycles. The van der Waals surface area contributed by atoms with Crippen LogP contribution >= 0.6 is 11.8 Å². The van der Waals surface area contributed by atoms with Gasteiger partial charge in [-0.05, 0) is 49.2 Å². The Balaban J connectivity index is 1.44. The van der Waals surface area contributed by atoms with Crippen LogP contribution in [0.3, 0.4) is 0 Å². The van der Waals surface area contributed by atoms with Crippen molar-refractivity contribution in [2.75, 3.05) is 11.1 Å². The number of rotatable bonds is 5. The van der Waals surface area contributed by atoms with Gasteiger partial charge >= 0.3 is 0 Å². The molecule has 4 rings (SSSR count). The predicted molar refractivity (Wildman–Crippen MR) is 111 cm³/mol. The van der Waals surface area contributed by atoms with Gasteiger partial charge in [-0.15, -0.1) is 10.2 Å². The van der Waals surface area contributed by atoms with Gasteiger partial charge in [-0.1, -0.05) is 36.0 Å². The summed E-state index contributed by atoms with van der Waals surface area (Å²) in [4.78, 5) is 12.3. The minimum Gasteiger partial charge on any atom is -0.453 e. The number of furan rings is 1. The molecule has 0 aliphatic rings. The van der Waals surface area contributed by atoms with Crippen LogP contribution in [-0.2, 0) is 11.8 Å². The maximum absolute atomic E-state index is 12.3. The van der Waals surface area contributed by atoms with Crippen molar-refractivity contribution in [3.63, 3.8) is 0 Å². The molecule has 1 amide bonds. The largest absolute Gasteiger partial charge is 0.453 e. The second-order valence-corrected chi connectivity index (χ2v) is 7.59. The van der Waals surface area contributed by atoms with Gasteiger partial charge < -0.3 is 14.3 Å². The summed E-state index contributed by atoms with van der Waals surface area (Å²) in [5.41, 5.74) is 3.95. The zero-order valence-electron chi connectivity index (χ0n) is 15.9. The molecule has 0 spiro atoms. The lowest BCUT2D eigenvalue weighted by Crippen LogP contribution is -2.14. The number of nitrogens with one attached hydrogen (secondary N) is 1. The van der Waals surface area contributed by atoms with E-state index in [1.807, 2.05) is 74.0 Å². The van der Waals surface area contributed by atoms with E-state index in [-0.39, 0.29) is 11.7 Å². The lowest BCUT2D eigenvalue weighted by molar-refractivity contribution is -0.113.